The Morgan fingerprint density at radius 2 is 1.94 bits per heavy atom. The van der Waals surface area contributed by atoms with E-state index in [1.807, 2.05) is 6.92 Å². The van der Waals surface area contributed by atoms with Gasteiger partial charge in [-0.2, -0.15) is 0 Å². The third-order valence-corrected chi connectivity index (χ3v) is 2.23. The van der Waals surface area contributed by atoms with Gasteiger partial charge in [0.05, 0.1) is 6.61 Å². The molecule has 108 valence electrons. The van der Waals surface area contributed by atoms with Crippen LogP contribution >= 0.6 is 0 Å². The van der Waals surface area contributed by atoms with E-state index in [0.29, 0.717) is 13.2 Å². The largest absolute Gasteiger partial charge is 0.338 e. The van der Waals surface area contributed by atoms with Crippen molar-refractivity contribution >= 4 is 6.03 Å². The second kappa shape index (κ2) is 11.7. The van der Waals surface area contributed by atoms with Crippen molar-refractivity contribution in [3.63, 3.8) is 0 Å². The summed E-state index contributed by atoms with van der Waals surface area (Å²) in [4.78, 5) is 16.3. The van der Waals surface area contributed by atoms with Crippen LogP contribution in [0.4, 0.5) is 4.79 Å². The van der Waals surface area contributed by atoms with Crippen molar-refractivity contribution < 1.29 is 13.9 Å². The first kappa shape index (κ1) is 16.2. The number of hydrogen-bond donors (Lipinski definition) is 3. The van der Waals surface area contributed by atoms with Crippen molar-refractivity contribution in [2.45, 2.75) is 40.0 Å². The molecule has 0 aromatic carbocycles. The quantitative estimate of drug-likeness (QED) is 0.413. The predicted molar refractivity (Wildman–Crippen MR) is 76.1 cm³/mol. The molecular weight excluding hydrogens is 218 g/mol. The summed E-state index contributed by atoms with van der Waals surface area (Å²) < 4.78 is 0. The van der Waals surface area contributed by atoms with Crippen LogP contribution in [0.5, 0.6) is 0 Å². The van der Waals surface area contributed by atoms with Gasteiger partial charge in [-0.15, -0.1) is 0 Å². The molecule has 5 heteroatoms. The van der Waals surface area contributed by atoms with E-state index in [1.165, 1.54) is 12.8 Å². The Bertz CT molecular complexity index is 199. The van der Waals surface area contributed by atoms with Crippen molar-refractivity contribution in [1.82, 2.24) is 16.1 Å². The summed E-state index contributed by atoms with van der Waals surface area (Å²) in [6, 6.07) is -0.116. The zero-order chi connectivity index (χ0) is 12.9. The Labute approximate surface area is 109 Å². The van der Waals surface area contributed by atoms with E-state index in [9.17, 15) is 4.79 Å². The van der Waals surface area contributed by atoms with Crippen molar-refractivity contribution in [3.8, 4) is 0 Å². The first-order valence-electron chi connectivity index (χ1n) is 6.53. The second-order valence-corrected chi connectivity index (χ2v) is 4.42. The Balaban J connectivity index is -0.000000427. The maximum absolute atomic E-state index is 11.3. The molecule has 0 aliphatic heterocycles. The number of hydroxylamine groups is 1. The number of carbonyl (C=O) groups excluding carboxylic acids is 1. The van der Waals surface area contributed by atoms with Gasteiger partial charge in [0.2, 0.25) is 0 Å². The molecule has 0 saturated heterocycles. The Hall–Kier alpha value is -0.810. The van der Waals surface area contributed by atoms with Gasteiger partial charge < -0.3 is 10.6 Å². The fraction of sp³-hybridized carbons (Fsp3) is 0.917. The lowest BCUT2D eigenvalue weighted by molar-refractivity contribution is 0.0477. The normalized spacial score (nSPS) is 10.6. The number of amides is 2. The summed E-state index contributed by atoms with van der Waals surface area (Å²) in [6.07, 6.45) is 3.43. The van der Waals surface area contributed by atoms with Gasteiger partial charge in [-0.1, -0.05) is 33.6 Å². The number of unbranched alkanes of at least 4 members (excludes halogenated alkanes) is 1. The van der Waals surface area contributed by atoms with Crippen molar-refractivity contribution in [3.05, 3.63) is 0 Å². The van der Waals surface area contributed by atoms with Crippen LogP contribution in [0.25, 0.3) is 0 Å². The molecule has 0 radical (unpaired) electrons. The molecule has 0 bridgehead atoms. The number of hydrogen-bond acceptors (Lipinski definition) is 3. The van der Waals surface area contributed by atoms with E-state index in [4.69, 9.17) is 4.84 Å². The molecule has 2 amide bonds. The van der Waals surface area contributed by atoms with Crippen molar-refractivity contribution in [2.75, 3.05) is 26.2 Å². The maximum atomic E-state index is 11.3. The molecule has 3 N–H and O–H groups in total. The average molecular weight is 251 g/mol. The number of nitrogens with one attached hydrogen (secondary N) is 3. The van der Waals surface area contributed by atoms with Gasteiger partial charge in [0.15, 0.2) is 0 Å². The monoisotopic (exact) mass is 251 g/mol. The standard InChI is InChI=1S/C12H27N3O2.3H2/c1-4-15-17-10-9-14-12(16)13-8-6-5-7-11(2)3;;;/h11,15H,4-10H2,1-3H3,(H2,13,14,16);3*1H. The van der Waals surface area contributed by atoms with E-state index in [2.05, 4.69) is 30.0 Å². The molecule has 0 saturated carbocycles. The molecule has 17 heavy (non-hydrogen) atoms. The molecule has 0 unspecified atom stereocenters. The summed E-state index contributed by atoms with van der Waals surface area (Å²) in [5.74, 6) is 0.743. The summed E-state index contributed by atoms with van der Waals surface area (Å²) in [5, 5.41) is 5.55. The van der Waals surface area contributed by atoms with Crippen LogP contribution in [-0.4, -0.2) is 32.3 Å². The summed E-state index contributed by atoms with van der Waals surface area (Å²) in [5.41, 5.74) is 2.72. The van der Waals surface area contributed by atoms with Crippen LogP contribution in [0.1, 0.15) is 44.3 Å². The second-order valence-electron chi connectivity index (χ2n) is 4.42. The van der Waals surface area contributed by atoms with Crippen molar-refractivity contribution in [1.29, 1.82) is 0 Å². The minimum Gasteiger partial charge on any atom is -0.338 e. The SMILES string of the molecule is CCNOCCNC(=O)NCCCCC(C)C.[HH].[HH].[HH]. The van der Waals surface area contributed by atoms with Gasteiger partial charge in [0.1, 0.15) is 0 Å². The van der Waals surface area contributed by atoms with E-state index >= 15 is 0 Å². The number of rotatable bonds is 10. The van der Waals surface area contributed by atoms with Crippen molar-refractivity contribution in [2.24, 2.45) is 5.92 Å². The molecule has 0 atom stereocenters. The van der Waals surface area contributed by atoms with Crippen LogP contribution in [0, 0.1) is 5.92 Å². The fourth-order valence-corrected chi connectivity index (χ4v) is 1.33. The average Bonchev–Trinajstić information content (AvgIpc) is 2.28. The lowest BCUT2D eigenvalue weighted by Crippen LogP contribution is -2.38. The smallest absolute Gasteiger partial charge is 0.314 e. The molecule has 0 rings (SSSR count). The summed E-state index contributed by atoms with van der Waals surface area (Å²) >= 11 is 0. The van der Waals surface area contributed by atoms with Crippen LogP contribution in [0.3, 0.4) is 0 Å². The third kappa shape index (κ3) is 13.1. The highest BCUT2D eigenvalue weighted by molar-refractivity contribution is 5.73. The molecule has 0 aromatic heterocycles. The highest BCUT2D eigenvalue weighted by Crippen LogP contribution is 2.04. The van der Waals surface area contributed by atoms with E-state index in [-0.39, 0.29) is 10.3 Å². The molecular formula is C12H33N3O2. The number of urea groups is 1. The minimum atomic E-state index is -0.116. The van der Waals surface area contributed by atoms with E-state index in [1.54, 1.807) is 0 Å². The molecule has 0 heterocycles. The van der Waals surface area contributed by atoms with E-state index < -0.39 is 0 Å². The van der Waals surface area contributed by atoms with Crippen LogP contribution < -0.4 is 16.1 Å². The Kier molecular flexibility index (Phi) is 11.1. The lowest BCUT2D eigenvalue weighted by Gasteiger charge is -2.08. The first-order valence-corrected chi connectivity index (χ1v) is 6.53. The molecule has 0 aliphatic rings. The van der Waals surface area contributed by atoms with E-state index in [0.717, 1.165) is 25.4 Å². The fourth-order valence-electron chi connectivity index (χ4n) is 1.33. The molecule has 0 spiro atoms. The Morgan fingerprint density at radius 1 is 1.24 bits per heavy atom. The predicted octanol–water partition coefficient (Wildman–Crippen LogP) is 2.39. The highest BCUT2D eigenvalue weighted by atomic mass is 16.6. The summed E-state index contributed by atoms with van der Waals surface area (Å²) in [6.45, 7) is 8.89. The minimum absolute atomic E-state index is 0. The first-order chi connectivity index (χ1) is 8.16. The van der Waals surface area contributed by atoms with Gasteiger partial charge in [-0.3, -0.25) is 4.84 Å². The highest BCUT2D eigenvalue weighted by Gasteiger charge is 1.99. The van der Waals surface area contributed by atoms with Crippen LogP contribution in [0.15, 0.2) is 0 Å². The van der Waals surface area contributed by atoms with Crippen LogP contribution in [0.2, 0.25) is 0 Å². The zero-order valence-corrected chi connectivity index (χ0v) is 11.3. The number of carbonyl (C=O) groups is 1. The van der Waals surface area contributed by atoms with Gasteiger partial charge in [-0.05, 0) is 12.3 Å². The van der Waals surface area contributed by atoms with Crippen LogP contribution in [-0.2, 0) is 4.84 Å². The molecule has 0 aromatic rings. The summed E-state index contributed by atoms with van der Waals surface area (Å²) in [7, 11) is 0. The molecule has 5 nitrogen and oxygen atoms in total. The van der Waals surface area contributed by atoms with Gasteiger partial charge in [0, 0.05) is 23.9 Å². The maximum Gasteiger partial charge on any atom is 0.314 e. The topological polar surface area (TPSA) is 62.4 Å². The third-order valence-electron chi connectivity index (χ3n) is 2.23. The molecule has 0 fully saturated rings. The zero-order valence-electron chi connectivity index (χ0n) is 11.3. The Morgan fingerprint density at radius 3 is 2.59 bits per heavy atom. The van der Waals surface area contributed by atoms with Gasteiger partial charge in [0.25, 0.3) is 0 Å². The van der Waals surface area contributed by atoms with Gasteiger partial charge in [-0.25, -0.2) is 10.3 Å². The lowest BCUT2D eigenvalue weighted by atomic mass is 10.1. The van der Waals surface area contributed by atoms with Gasteiger partial charge >= 0.3 is 6.03 Å². The molecule has 0 aliphatic carbocycles.